The highest BCUT2D eigenvalue weighted by atomic mass is 19.1. The summed E-state index contributed by atoms with van der Waals surface area (Å²) in [5.41, 5.74) is 0.0834. The number of hydrogen-bond donors (Lipinski definition) is 3. The number of ether oxygens (including phenoxy) is 1. The van der Waals surface area contributed by atoms with Crippen LogP contribution in [0.3, 0.4) is 0 Å². The second kappa shape index (κ2) is 11.7. The number of benzene rings is 1. The molecular formula is C21H28F2N2O6. The molecule has 1 aromatic rings. The lowest BCUT2D eigenvalue weighted by atomic mass is 10.0. The lowest BCUT2D eigenvalue weighted by Crippen LogP contribution is -2.43. The Hall–Kier alpha value is -2.59. The van der Waals surface area contributed by atoms with Crippen LogP contribution in [0.15, 0.2) is 18.2 Å². The van der Waals surface area contributed by atoms with Gasteiger partial charge in [0.05, 0.1) is 24.7 Å². The van der Waals surface area contributed by atoms with E-state index in [1.165, 1.54) is 6.07 Å². The topological polar surface area (TPSA) is 116 Å². The van der Waals surface area contributed by atoms with E-state index in [1.54, 1.807) is 12.0 Å². The first-order valence-corrected chi connectivity index (χ1v) is 10.1. The third-order valence-corrected chi connectivity index (χ3v) is 5.68. The van der Waals surface area contributed by atoms with Gasteiger partial charge in [-0.05, 0) is 37.3 Å². The van der Waals surface area contributed by atoms with Gasteiger partial charge in [0.25, 0.3) is 6.47 Å². The number of methoxy groups -OCH3 is 1. The van der Waals surface area contributed by atoms with Crippen molar-refractivity contribution in [3.63, 3.8) is 0 Å². The van der Waals surface area contributed by atoms with Gasteiger partial charge in [-0.2, -0.15) is 0 Å². The number of nitrogens with one attached hydrogen (secondary N) is 1. The molecule has 0 bridgehead atoms. The molecule has 0 radical (unpaired) electrons. The predicted molar refractivity (Wildman–Crippen MR) is 106 cm³/mol. The number of likely N-dealkylation sites (tertiary alicyclic amines) is 1. The van der Waals surface area contributed by atoms with Crippen molar-refractivity contribution in [1.82, 2.24) is 10.2 Å². The van der Waals surface area contributed by atoms with Gasteiger partial charge in [-0.15, -0.1) is 0 Å². The van der Waals surface area contributed by atoms with Crippen LogP contribution in [-0.4, -0.2) is 71.8 Å². The molecule has 1 saturated carbocycles. The highest BCUT2D eigenvalue weighted by Gasteiger charge is 2.40. The van der Waals surface area contributed by atoms with Gasteiger partial charge in [-0.3, -0.25) is 14.4 Å². The van der Waals surface area contributed by atoms with Crippen molar-refractivity contribution >= 4 is 18.3 Å². The average Bonchev–Trinajstić information content (AvgIpc) is 3.10. The van der Waals surface area contributed by atoms with Crippen LogP contribution in [0.1, 0.15) is 31.2 Å². The van der Waals surface area contributed by atoms with E-state index in [2.05, 4.69) is 5.32 Å². The Morgan fingerprint density at radius 2 is 1.90 bits per heavy atom. The van der Waals surface area contributed by atoms with Crippen LogP contribution in [0.4, 0.5) is 8.78 Å². The van der Waals surface area contributed by atoms with Crippen molar-refractivity contribution in [3.8, 4) is 0 Å². The predicted octanol–water partition coefficient (Wildman–Crippen LogP) is 1.10. The van der Waals surface area contributed by atoms with E-state index in [0.29, 0.717) is 25.9 Å². The van der Waals surface area contributed by atoms with Crippen LogP contribution >= 0.6 is 0 Å². The average molecular weight is 442 g/mol. The largest absolute Gasteiger partial charge is 0.483 e. The summed E-state index contributed by atoms with van der Waals surface area (Å²) in [5, 5.41) is 19.8. The van der Waals surface area contributed by atoms with Gasteiger partial charge in [0.15, 0.2) is 0 Å². The van der Waals surface area contributed by atoms with Gasteiger partial charge < -0.3 is 25.2 Å². The number of nitrogens with zero attached hydrogens (tertiary/aromatic N) is 1. The van der Waals surface area contributed by atoms with E-state index in [1.807, 2.05) is 0 Å². The Kier molecular flexibility index (Phi) is 9.32. The molecular weight excluding hydrogens is 414 g/mol. The van der Waals surface area contributed by atoms with E-state index < -0.39 is 29.7 Å². The zero-order valence-corrected chi connectivity index (χ0v) is 17.3. The fourth-order valence-corrected chi connectivity index (χ4v) is 4.04. The standard InChI is InChI=1S/C20H26F2N2O4.CH2O2/c1-28-15-4-6-24(7-5-15)20(27)13-8-17(18(25)9-13)23-19(26)10-12-2-3-14(21)11-16(12)22;2-1-3/h2-3,11,13,15,17-18,25H,4-10H2,1H3,(H,23,26);1H,(H,2,3)/t13-,17+,18+;/m0./s1. The fraction of sp³-hybridized carbons (Fsp3) is 0.571. The normalized spacial score (nSPS) is 23.6. The minimum Gasteiger partial charge on any atom is -0.483 e. The zero-order valence-electron chi connectivity index (χ0n) is 17.3. The molecule has 10 heteroatoms. The van der Waals surface area contributed by atoms with E-state index in [4.69, 9.17) is 14.6 Å². The van der Waals surface area contributed by atoms with E-state index in [-0.39, 0.29) is 36.4 Å². The molecule has 172 valence electrons. The minimum atomic E-state index is -0.826. The minimum absolute atomic E-state index is 0.00469. The molecule has 2 fully saturated rings. The van der Waals surface area contributed by atoms with E-state index >= 15 is 0 Å². The van der Waals surface area contributed by atoms with Crippen LogP contribution in [0, 0.1) is 17.6 Å². The van der Waals surface area contributed by atoms with Crippen LogP contribution in [-0.2, 0) is 25.5 Å². The fourth-order valence-electron chi connectivity index (χ4n) is 4.04. The summed E-state index contributed by atoms with van der Waals surface area (Å²) in [4.78, 5) is 35.1. The molecule has 1 aliphatic heterocycles. The van der Waals surface area contributed by atoms with E-state index in [9.17, 15) is 23.5 Å². The highest BCUT2D eigenvalue weighted by molar-refractivity contribution is 5.81. The van der Waals surface area contributed by atoms with Crippen molar-refractivity contribution < 1.29 is 38.1 Å². The lowest BCUT2D eigenvalue weighted by molar-refractivity contribution is -0.138. The van der Waals surface area contributed by atoms with Crippen molar-refractivity contribution in [2.45, 2.75) is 50.4 Å². The number of hydrogen-bond acceptors (Lipinski definition) is 5. The SMILES string of the molecule is COC1CCN(C(=O)[C@@H]2C[C@@H](O)[C@H](NC(=O)Cc3ccc(F)cc3F)C2)CC1.O=CO. The number of piperidine rings is 1. The van der Waals surface area contributed by atoms with Crippen LogP contribution < -0.4 is 5.32 Å². The molecule has 1 saturated heterocycles. The molecule has 2 amide bonds. The number of amides is 2. The first-order chi connectivity index (χ1) is 14.8. The summed E-state index contributed by atoms with van der Waals surface area (Å²) < 4.78 is 32.0. The molecule has 0 aromatic heterocycles. The van der Waals surface area contributed by atoms with Crippen molar-refractivity contribution in [2.24, 2.45) is 5.92 Å². The number of carboxylic acid groups (broad SMARTS) is 1. The first-order valence-electron chi connectivity index (χ1n) is 10.1. The Morgan fingerprint density at radius 3 is 2.48 bits per heavy atom. The number of halogens is 2. The lowest BCUT2D eigenvalue weighted by Gasteiger charge is -2.33. The first kappa shape index (κ1) is 24.7. The second-order valence-corrected chi connectivity index (χ2v) is 7.69. The molecule has 0 spiro atoms. The number of carbonyl (C=O) groups excluding carboxylic acids is 2. The molecule has 3 atom stereocenters. The van der Waals surface area contributed by atoms with Gasteiger partial charge in [0, 0.05) is 32.2 Å². The van der Waals surface area contributed by atoms with Gasteiger partial charge in [0.1, 0.15) is 11.6 Å². The van der Waals surface area contributed by atoms with Crippen molar-refractivity contribution in [2.75, 3.05) is 20.2 Å². The summed E-state index contributed by atoms with van der Waals surface area (Å²) in [7, 11) is 1.67. The molecule has 3 N–H and O–H groups in total. The maximum atomic E-state index is 13.7. The molecule has 31 heavy (non-hydrogen) atoms. The molecule has 8 nitrogen and oxygen atoms in total. The van der Waals surface area contributed by atoms with E-state index in [0.717, 1.165) is 25.0 Å². The molecule has 2 aliphatic rings. The Bertz CT molecular complexity index is 770. The maximum absolute atomic E-state index is 13.7. The maximum Gasteiger partial charge on any atom is 0.290 e. The number of aliphatic hydroxyl groups excluding tert-OH is 1. The molecule has 0 unspecified atom stereocenters. The smallest absolute Gasteiger partial charge is 0.290 e. The van der Waals surface area contributed by atoms with Crippen LogP contribution in [0.2, 0.25) is 0 Å². The third-order valence-electron chi connectivity index (χ3n) is 5.68. The second-order valence-electron chi connectivity index (χ2n) is 7.69. The van der Waals surface area contributed by atoms with Gasteiger partial charge in [0.2, 0.25) is 11.8 Å². The monoisotopic (exact) mass is 442 g/mol. The Morgan fingerprint density at radius 1 is 1.26 bits per heavy atom. The molecule has 1 heterocycles. The zero-order chi connectivity index (χ0) is 23.0. The summed E-state index contributed by atoms with van der Waals surface area (Å²) in [6.07, 6.45) is 1.32. The summed E-state index contributed by atoms with van der Waals surface area (Å²) in [6, 6.07) is 2.50. The van der Waals surface area contributed by atoms with Crippen molar-refractivity contribution in [3.05, 3.63) is 35.4 Å². The molecule has 3 rings (SSSR count). The Labute approximate surface area is 179 Å². The number of carbonyl (C=O) groups is 3. The van der Waals surface area contributed by atoms with Crippen molar-refractivity contribution in [1.29, 1.82) is 0 Å². The summed E-state index contributed by atoms with van der Waals surface area (Å²) in [5.74, 6) is -2.31. The van der Waals surface area contributed by atoms with Gasteiger partial charge in [-0.1, -0.05) is 6.07 Å². The summed E-state index contributed by atoms with van der Waals surface area (Å²) >= 11 is 0. The van der Waals surface area contributed by atoms with Crippen LogP contribution in [0.25, 0.3) is 0 Å². The molecule has 1 aromatic carbocycles. The van der Waals surface area contributed by atoms with Gasteiger partial charge >= 0.3 is 0 Å². The number of rotatable bonds is 5. The number of aliphatic hydroxyl groups is 1. The third kappa shape index (κ3) is 6.96. The Balaban J connectivity index is 0.00000107. The summed E-state index contributed by atoms with van der Waals surface area (Å²) in [6.45, 7) is 1.01. The highest BCUT2D eigenvalue weighted by Crippen LogP contribution is 2.29. The molecule has 1 aliphatic carbocycles. The van der Waals surface area contributed by atoms with Gasteiger partial charge in [-0.25, -0.2) is 8.78 Å². The quantitative estimate of drug-likeness (QED) is 0.588. The van der Waals surface area contributed by atoms with Crippen LogP contribution in [0.5, 0.6) is 0 Å².